The topological polar surface area (TPSA) is 63.2 Å². The first-order chi connectivity index (χ1) is 7.81. The molecule has 1 fully saturated rings. The molecule has 0 aliphatic carbocycles. The van der Waals surface area contributed by atoms with Gasteiger partial charge in [0.05, 0.1) is 7.11 Å². The molecule has 0 saturated carbocycles. The van der Waals surface area contributed by atoms with Crippen molar-refractivity contribution >= 4 is 11.8 Å². The maximum Gasteiger partial charge on any atom is 0.341 e. The molecule has 5 heteroatoms. The van der Waals surface area contributed by atoms with Crippen LogP contribution in [0, 0.1) is 0 Å². The number of methoxy groups -OCH3 is 1. The van der Waals surface area contributed by atoms with Crippen molar-refractivity contribution in [2.45, 2.75) is 12.5 Å². The molecule has 1 aromatic rings. The molecule has 16 heavy (non-hydrogen) atoms. The smallest absolute Gasteiger partial charge is 0.341 e. The number of carbonyl (C=O) groups excluding carboxylic acids is 1. The first kappa shape index (κ1) is 10.9. The molecule has 0 radical (unpaired) electrons. The van der Waals surface area contributed by atoms with Crippen molar-refractivity contribution in [3.05, 3.63) is 23.9 Å². The summed E-state index contributed by atoms with van der Waals surface area (Å²) >= 11 is 0. The van der Waals surface area contributed by atoms with Gasteiger partial charge >= 0.3 is 5.97 Å². The van der Waals surface area contributed by atoms with E-state index in [1.807, 2.05) is 0 Å². The molecule has 0 aromatic carbocycles. The highest BCUT2D eigenvalue weighted by molar-refractivity contribution is 5.94. The van der Waals surface area contributed by atoms with Gasteiger partial charge in [-0.25, -0.2) is 9.78 Å². The Morgan fingerprint density at radius 2 is 2.56 bits per heavy atom. The van der Waals surface area contributed by atoms with Gasteiger partial charge in [-0.1, -0.05) is 0 Å². The Morgan fingerprint density at radius 3 is 3.25 bits per heavy atom. The normalized spacial score (nSPS) is 19.4. The Bertz CT molecular complexity index is 375. The van der Waals surface area contributed by atoms with Gasteiger partial charge in [0.25, 0.3) is 0 Å². The van der Waals surface area contributed by atoms with Gasteiger partial charge in [-0.2, -0.15) is 0 Å². The number of nitrogens with one attached hydrogen (secondary N) is 2. The summed E-state index contributed by atoms with van der Waals surface area (Å²) in [4.78, 5) is 15.7. The van der Waals surface area contributed by atoms with Crippen molar-refractivity contribution in [1.29, 1.82) is 0 Å². The van der Waals surface area contributed by atoms with Crippen molar-refractivity contribution in [3.8, 4) is 0 Å². The van der Waals surface area contributed by atoms with Crippen LogP contribution in [0.25, 0.3) is 0 Å². The minimum atomic E-state index is -0.360. The van der Waals surface area contributed by atoms with Crippen molar-refractivity contribution < 1.29 is 9.53 Å². The van der Waals surface area contributed by atoms with Crippen LogP contribution in [0.5, 0.6) is 0 Å². The van der Waals surface area contributed by atoms with E-state index in [4.69, 9.17) is 4.74 Å². The predicted octanol–water partition coefficient (Wildman–Crippen LogP) is 0.642. The molecule has 1 aliphatic rings. The Hall–Kier alpha value is -1.62. The molecule has 86 valence electrons. The van der Waals surface area contributed by atoms with E-state index < -0.39 is 0 Å². The average Bonchev–Trinajstić information content (AvgIpc) is 2.82. The molecule has 1 atom stereocenters. The van der Waals surface area contributed by atoms with Crippen LogP contribution in [0.4, 0.5) is 5.82 Å². The SMILES string of the molecule is COC(=O)c1cccnc1NC1CCNC1. The fourth-order valence-corrected chi connectivity index (χ4v) is 1.77. The van der Waals surface area contributed by atoms with Crippen LogP contribution >= 0.6 is 0 Å². The van der Waals surface area contributed by atoms with Crippen LogP contribution in [0.3, 0.4) is 0 Å². The minimum Gasteiger partial charge on any atom is -0.465 e. The van der Waals surface area contributed by atoms with E-state index in [1.54, 1.807) is 18.3 Å². The van der Waals surface area contributed by atoms with E-state index in [9.17, 15) is 4.79 Å². The standard InChI is InChI=1S/C11H15N3O2/c1-16-11(15)9-3-2-5-13-10(9)14-8-4-6-12-7-8/h2-3,5,8,12H,4,6-7H2,1H3,(H,13,14). The van der Waals surface area contributed by atoms with Crippen LogP contribution in [0.2, 0.25) is 0 Å². The quantitative estimate of drug-likeness (QED) is 0.733. The summed E-state index contributed by atoms with van der Waals surface area (Å²) in [6, 6.07) is 3.77. The third-order valence-electron chi connectivity index (χ3n) is 2.61. The van der Waals surface area contributed by atoms with Crippen molar-refractivity contribution in [3.63, 3.8) is 0 Å². The van der Waals surface area contributed by atoms with E-state index in [0.717, 1.165) is 19.5 Å². The van der Waals surface area contributed by atoms with Crippen molar-refractivity contribution in [1.82, 2.24) is 10.3 Å². The molecule has 2 N–H and O–H groups in total. The third-order valence-corrected chi connectivity index (χ3v) is 2.61. The van der Waals surface area contributed by atoms with E-state index in [0.29, 0.717) is 17.4 Å². The zero-order chi connectivity index (χ0) is 11.4. The zero-order valence-corrected chi connectivity index (χ0v) is 9.19. The van der Waals surface area contributed by atoms with E-state index in [2.05, 4.69) is 15.6 Å². The van der Waals surface area contributed by atoms with Crippen LogP contribution in [-0.4, -0.2) is 37.2 Å². The molecule has 1 unspecified atom stereocenters. The van der Waals surface area contributed by atoms with Crippen molar-refractivity contribution in [2.75, 3.05) is 25.5 Å². The molecule has 1 aromatic heterocycles. The molecular formula is C11H15N3O2. The van der Waals surface area contributed by atoms with Crippen LogP contribution in [0.1, 0.15) is 16.8 Å². The van der Waals surface area contributed by atoms with Gasteiger partial charge in [-0.3, -0.25) is 0 Å². The predicted molar refractivity (Wildman–Crippen MR) is 60.5 cm³/mol. The van der Waals surface area contributed by atoms with Gasteiger partial charge in [0.1, 0.15) is 11.4 Å². The summed E-state index contributed by atoms with van der Waals surface area (Å²) in [7, 11) is 1.37. The second kappa shape index (κ2) is 4.94. The molecule has 2 rings (SSSR count). The fraction of sp³-hybridized carbons (Fsp3) is 0.455. The minimum absolute atomic E-state index is 0.332. The van der Waals surface area contributed by atoms with Gasteiger partial charge in [0.15, 0.2) is 0 Å². The van der Waals surface area contributed by atoms with Crippen LogP contribution in [-0.2, 0) is 4.74 Å². The highest BCUT2D eigenvalue weighted by atomic mass is 16.5. The van der Waals surface area contributed by atoms with Crippen LogP contribution in [0.15, 0.2) is 18.3 Å². The van der Waals surface area contributed by atoms with Gasteiger partial charge in [0.2, 0.25) is 0 Å². The fourth-order valence-electron chi connectivity index (χ4n) is 1.77. The van der Waals surface area contributed by atoms with E-state index in [1.165, 1.54) is 7.11 Å². The number of anilines is 1. The lowest BCUT2D eigenvalue weighted by Gasteiger charge is -2.14. The molecule has 0 bridgehead atoms. The Labute approximate surface area is 94.2 Å². The summed E-state index contributed by atoms with van der Waals surface area (Å²) in [6.45, 7) is 1.90. The first-order valence-corrected chi connectivity index (χ1v) is 5.32. The Morgan fingerprint density at radius 1 is 1.69 bits per heavy atom. The monoisotopic (exact) mass is 221 g/mol. The van der Waals surface area contributed by atoms with Gasteiger partial charge < -0.3 is 15.4 Å². The molecule has 2 heterocycles. The molecule has 0 amide bonds. The average molecular weight is 221 g/mol. The van der Waals surface area contributed by atoms with E-state index >= 15 is 0 Å². The summed E-state index contributed by atoms with van der Waals surface area (Å²) in [5.74, 6) is 0.240. The Balaban J connectivity index is 2.15. The highest BCUT2D eigenvalue weighted by Gasteiger charge is 2.18. The van der Waals surface area contributed by atoms with Gasteiger partial charge in [0, 0.05) is 18.8 Å². The lowest BCUT2D eigenvalue weighted by Crippen LogP contribution is -2.24. The number of hydrogen-bond acceptors (Lipinski definition) is 5. The second-order valence-electron chi connectivity index (χ2n) is 3.73. The summed E-state index contributed by atoms with van der Waals surface area (Å²) in [5, 5.41) is 6.50. The number of carbonyl (C=O) groups is 1. The van der Waals surface area contributed by atoms with Gasteiger partial charge in [-0.05, 0) is 25.1 Å². The molecule has 0 spiro atoms. The first-order valence-electron chi connectivity index (χ1n) is 5.32. The largest absolute Gasteiger partial charge is 0.465 e. The highest BCUT2D eigenvalue weighted by Crippen LogP contribution is 2.15. The molecule has 5 nitrogen and oxygen atoms in total. The number of aromatic nitrogens is 1. The Kier molecular flexibility index (Phi) is 3.36. The summed E-state index contributed by atoms with van der Waals surface area (Å²) in [6.07, 6.45) is 2.70. The number of rotatable bonds is 3. The molecule has 1 aliphatic heterocycles. The summed E-state index contributed by atoms with van der Waals surface area (Å²) < 4.78 is 4.71. The third kappa shape index (κ3) is 2.30. The number of nitrogens with zero attached hydrogens (tertiary/aromatic N) is 1. The van der Waals surface area contributed by atoms with Crippen LogP contribution < -0.4 is 10.6 Å². The van der Waals surface area contributed by atoms with Crippen molar-refractivity contribution in [2.24, 2.45) is 0 Å². The molecular weight excluding hydrogens is 206 g/mol. The number of pyridine rings is 1. The second-order valence-corrected chi connectivity index (χ2v) is 3.73. The maximum absolute atomic E-state index is 11.5. The van der Waals surface area contributed by atoms with Gasteiger partial charge in [-0.15, -0.1) is 0 Å². The molecule has 1 saturated heterocycles. The van der Waals surface area contributed by atoms with E-state index in [-0.39, 0.29) is 5.97 Å². The lowest BCUT2D eigenvalue weighted by molar-refractivity contribution is 0.0601. The number of esters is 1. The number of ether oxygens (including phenoxy) is 1. The lowest BCUT2D eigenvalue weighted by atomic mass is 10.2. The zero-order valence-electron chi connectivity index (χ0n) is 9.19. The number of hydrogen-bond donors (Lipinski definition) is 2. The summed E-state index contributed by atoms with van der Waals surface area (Å²) in [5.41, 5.74) is 0.483. The maximum atomic E-state index is 11.5.